The highest BCUT2D eigenvalue weighted by Crippen LogP contribution is 2.12. The van der Waals surface area contributed by atoms with E-state index in [2.05, 4.69) is 20.8 Å². The number of carbonyl (C=O) groups excluding carboxylic acids is 2. The number of rotatable bonds is 5. The van der Waals surface area contributed by atoms with Crippen LogP contribution in [-0.4, -0.2) is 28.1 Å². The van der Waals surface area contributed by atoms with Gasteiger partial charge in [-0.3, -0.25) is 15.0 Å². The van der Waals surface area contributed by atoms with Crippen molar-refractivity contribution in [2.24, 2.45) is 0 Å². The predicted molar refractivity (Wildman–Crippen MR) is 79.3 cm³/mol. The molecule has 0 radical (unpaired) electrons. The zero-order chi connectivity index (χ0) is 15.9. The van der Waals surface area contributed by atoms with E-state index in [0.29, 0.717) is 11.4 Å². The lowest BCUT2D eigenvalue weighted by atomic mass is 10.2. The molecule has 0 aliphatic heterocycles. The van der Waals surface area contributed by atoms with Gasteiger partial charge in [0.2, 0.25) is 0 Å². The minimum atomic E-state index is -0.633. The summed E-state index contributed by atoms with van der Waals surface area (Å²) in [5, 5.41) is 0. The van der Waals surface area contributed by atoms with E-state index >= 15 is 0 Å². The fraction of sp³-hybridized carbons (Fsp3) is 0.200. The Labute approximate surface area is 127 Å². The Morgan fingerprint density at radius 3 is 2.36 bits per heavy atom. The van der Waals surface area contributed by atoms with Crippen molar-refractivity contribution in [3.05, 3.63) is 48.3 Å². The Hall–Kier alpha value is -2.80. The van der Waals surface area contributed by atoms with Crippen molar-refractivity contribution < 1.29 is 14.3 Å². The number of benzene rings is 1. The van der Waals surface area contributed by atoms with Gasteiger partial charge in [-0.1, -0.05) is 30.3 Å². The zero-order valence-corrected chi connectivity index (χ0v) is 12.2. The van der Waals surface area contributed by atoms with Crippen LogP contribution in [0.3, 0.4) is 0 Å². The lowest BCUT2D eigenvalue weighted by molar-refractivity contribution is -0.147. The topological polar surface area (TPSA) is 93.2 Å². The maximum absolute atomic E-state index is 11.9. The van der Waals surface area contributed by atoms with Crippen molar-refractivity contribution in [1.82, 2.24) is 20.8 Å². The van der Waals surface area contributed by atoms with Crippen molar-refractivity contribution in [1.29, 1.82) is 0 Å². The normalized spacial score (nSPS) is 11.5. The Balaban J connectivity index is 1.95. The van der Waals surface area contributed by atoms with Crippen LogP contribution >= 0.6 is 0 Å². The minimum absolute atomic E-state index is 0.294. The molecule has 2 N–H and O–H groups in total. The number of esters is 1. The minimum Gasteiger partial charge on any atom is -0.445 e. The molecule has 1 heterocycles. The SMILES string of the molecule is CC(=O)OC(C)NNC(=O)c1cnc(-c2ccccc2)nc1. The number of hydrogen-bond acceptors (Lipinski definition) is 6. The molecule has 1 amide bonds. The third-order valence-electron chi connectivity index (χ3n) is 2.68. The summed E-state index contributed by atoms with van der Waals surface area (Å²) in [4.78, 5) is 31.0. The van der Waals surface area contributed by atoms with Crippen LogP contribution in [0, 0.1) is 0 Å². The van der Waals surface area contributed by atoms with Crippen LogP contribution in [0.4, 0.5) is 0 Å². The third kappa shape index (κ3) is 4.35. The highest BCUT2D eigenvalue weighted by atomic mass is 16.6. The van der Waals surface area contributed by atoms with Crippen molar-refractivity contribution in [3.8, 4) is 11.4 Å². The van der Waals surface area contributed by atoms with E-state index in [1.807, 2.05) is 30.3 Å². The maximum atomic E-state index is 11.9. The molecule has 114 valence electrons. The predicted octanol–water partition coefficient (Wildman–Crippen LogP) is 1.29. The average Bonchev–Trinajstić information content (AvgIpc) is 2.53. The number of amides is 1. The first-order valence-corrected chi connectivity index (χ1v) is 6.67. The van der Waals surface area contributed by atoms with Crippen LogP contribution in [0.15, 0.2) is 42.7 Å². The number of aromatic nitrogens is 2. The van der Waals surface area contributed by atoms with E-state index in [1.54, 1.807) is 6.92 Å². The standard InChI is InChI=1S/C15H16N4O3/c1-10(22-11(2)20)18-19-15(21)13-8-16-14(17-9-13)12-6-4-3-5-7-12/h3-10,18H,1-2H3,(H,19,21). The Bertz CT molecular complexity index is 644. The first kappa shape index (κ1) is 15.6. The van der Waals surface area contributed by atoms with Gasteiger partial charge >= 0.3 is 5.97 Å². The van der Waals surface area contributed by atoms with Crippen LogP contribution in [0.25, 0.3) is 11.4 Å². The van der Waals surface area contributed by atoms with Gasteiger partial charge in [-0.2, -0.15) is 5.43 Å². The second kappa shape index (κ2) is 7.28. The van der Waals surface area contributed by atoms with Gasteiger partial charge in [-0.25, -0.2) is 9.97 Å². The number of hydrogen-bond donors (Lipinski definition) is 2. The van der Waals surface area contributed by atoms with E-state index in [-0.39, 0.29) is 0 Å². The summed E-state index contributed by atoms with van der Waals surface area (Å²) in [6.45, 7) is 2.88. The first-order valence-electron chi connectivity index (χ1n) is 6.67. The van der Waals surface area contributed by atoms with Crippen molar-refractivity contribution >= 4 is 11.9 Å². The molecule has 0 aliphatic rings. The second-order valence-electron chi connectivity index (χ2n) is 4.51. The van der Waals surface area contributed by atoms with Crippen LogP contribution in [0.5, 0.6) is 0 Å². The quantitative estimate of drug-likeness (QED) is 0.491. The summed E-state index contributed by atoms with van der Waals surface area (Å²) in [6, 6.07) is 9.45. The molecule has 0 saturated carbocycles. The molecular formula is C15H16N4O3. The molecule has 0 spiro atoms. The van der Waals surface area contributed by atoms with E-state index in [9.17, 15) is 9.59 Å². The van der Waals surface area contributed by atoms with E-state index < -0.39 is 18.1 Å². The average molecular weight is 300 g/mol. The highest BCUT2D eigenvalue weighted by molar-refractivity contribution is 5.93. The molecular weight excluding hydrogens is 284 g/mol. The van der Waals surface area contributed by atoms with Gasteiger partial charge in [0.1, 0.15) is 0 Å². The fourth-order valence-electron chi connectivity index (χ4n) is 1.70. The smallest absolute Gasteiger partial charge is 0.304 e. The second-order valence-corrected chi connectivity index (χ2v) is 4.51. The lowest BCUT2D eigenvalue weighted by Crippen LogP contribution is -2.44. The fourth-order valence-corrected chi connectivity index (χ4v) is 1.70. The number of hydrazine groups is 1. The van der Waals surface area contributed by atoms with Crippen molar-refractivity contribution in [3.63, 3.8) is 0 Å². The van der Waals surface area contributed by atoms with Crippen LogP contribution in [0.1, 0.15) is 24.2 Å². The number of carbonyl (C=O) groups is 2. The van der Waals surface area contributed by atoms with Crippen LogP contribution in [0.2, 0.25) is 0 Å². The van der Waals surface area contributed by atoms with Crippen LogP contribution in [-0.2, 0) is 9.53 Å². The van der Waals surface area contributed by atoms with Gasteiger partial charge in [-0.15, -0.1) is 0 Å². The third-order valence-corrected chi connectivity index (χ3v) is 2.68. The molecule has 1 aromatic heterocycles. The molecule has 7 heteroatoms. The van der Waals surface area contributed by atoms with Gasteiger partial charge in [0.25, 0.3) is 5.91 Å². The molecule has 1 atom stereocenters. The molecule has 2 rings (SSSR count). The summed E-state index contributed by atoms with van der Waals surface area (Å²) in [5.41, 5.74) is 6.14. The molecule has 7 nitrogen and oxygen atoms in total. The molecule has 1 aromatic carbocycles. The number of nitrogens with zero attached hydrogens (tertiary/aromatic N) is 2. The monoisotopic (exact) mass is 300 g/mol. The lowest BCUT2D eigenvalue weighted by Gasteiger charge is -2.14. The van der Waals surface area contributed by atoms with Crippen LogP contribution < -0.4 is 10.9 Å². The Morgan fingerprint density at radius 2 is 1.77 bits per heavy atom. The first-order chi connectivity index (χ1) is 10.6. The van der Waals surface area contributed by atoms with Gasteiger partial charge in [0, 0.05) is 24.9 Å². The van der Waals surface area contributed by atoms with Gasteiger partial charge < -0.3 is 4.74 Å². The van der Waals surface area contributed by atoms with Gasteiger partial charge in [-0.05, 0) is 6.92 Å². The summed E-state index contributed by atoms with van der Waals surface area (Å²) in [5.74, 6) is -0.318. The zero-order valence-electron chi connectivity index (χ0n) is 12.2. The Morgan fingerprint density at radius 1 is 1.14 bits per heavy atom. The maximum Gasteiger partial charge on any atom is 0.304 e. The van der Waals surface area contributed by atoms with E-state index in [1.165, 1.54) is 19.3 Å². The van der Waals surface area contributed by atoms with E-state index in [0.717, 1.165) is 5.56 Å². The summed E-state index contributed by atoms with van der Waals surface area (Å²) >= 11 is 0. The van der Waals surface area contributed by atoms with Crippen molar-refractivity contribution in [2.45, 2.75) is 20.1 Å². The summed E-state index contributed by atoms with van der Waals surface area (Å²) in [7, 11) is 0. The molecule has 0 fully saturated rings. The Kier molecular flexibility index (Phi) is 5.16. The van der Waals surface area contributed by atoms with E-state index in [4.69, 9.17) is 4.74 Å². The van der Waals surface area contributed by atoms with Crippen molar-refractivity contribution in [2.75, 3.05) is 0 Å². The number of nitrogens with one attached hydrogen (secondary N) is 2. The molecule has 2 aromatic rings. The molecule has 22 heavy (non-hydrogen) atoms. The van der Waals surface area contributed by atoms with Gasteiger partial charge in [0.15, 0.2) is 12.1 Å². The molecule has 0 bridgehead atoms. The summed E-state index contributed by atoms with van der Waals surface area (Å²) < 4.78 is 4.82. The molecule has 1 unspecified atom stereocenters. The largest absolute Gasteiger partial charge is 0.445 e. The molecule has 0 saturated heterocycles. The summed E-state index contributed by atoms with van der Waals surface area (Å²) in [6.07, 6.45) is 2.23. The number of ether oxygens (including phenoxy) is 1. The molecule has 0 aliphatic carbocycles. The van der Waals surface area contributed by atoms with Gasteiger partial charge in [0.05, 0.1) is 5.56 Å². The highest BCUT2D eigenvalue weighted by Gasteiger charge is 2.10.